The molecule has 7 heterocycles. The van der Waals surface area contributed by atoms with Gasteiger partial charge in [0.15, 0.2) is 23.9 Å². The van der Waals surface area contributed by atoms with E-state index in [0.29, 0.717) is 23.3 Å². The van der Waals surface area contributed by atoms with Gasteiger partial charge in [-0.2, -0.15) is 0 Å². The van der Waals surface area contributed by atoms with E-state index >= 15 is 0 Å². The van der Waals surface area contributed by atoms with Crippen LogP contribution in [0.25, 0.3) is 22.2 Å². The SMILES string of the molecule is CCc1nc(CO)nc2c1ncn2[C@@H]1O[C@@H]2COP(O)(=S)O[C@H]3[C@@H](O)[C@H](n4cc5c6c(ncnc64)CCCC5)O[C@@H]3COP(O)(=S)O[C@@H]1[C@@H]2O. The number of aliphatic hydroxyl groups excluding tert-OH is 3. The molecule has 8 rings (SSSR count). The van der Waals surface area contributed by atoms with E-state index in [0.717, 1.165) is 42.3 Å². The summed E-state index contributed by atoms with van der Waals surface area (Å²) in [5.41, 5.74) is 3.82. The van der Waals surface area contributed by atoms with Crippen molar-refractivity contribution in [3.63, 3.8) is 0 Å². The summed E-state index contributed by atoms with van der Waals surface area (Å²) in [6, 6.07) is 0. The van der Waals surface area contributed by atoms with Gasteiger partial charge in [0.1, 0.15) is 60.7 Å². The Morgan fingerprint density at radius 1 is 0.860 bits per heavy atom. The van der Waals surface area contributed by atoms with Crippen LogP contribution in [0.4, 0.5) is 0 Å². The lowest BCUT2D eigenvalue weighted by Crippen LogP contribution is -2.36. The zero-order valence-electron chi connectivity index (χ0n) is 26.5. The van der Waals surface area contributed by atoms with E-state index in [1.165, 1.54) is 17.2 Å². The van der Waals surface area contributed by atoms with E-state index < -0.39 is 82.3 Å². The van der Waals surface area contributed by atoms with Gasteiger partial charge in [-0.1, -0.05) is 6.92 Å². The van der Waals surface area contributed by atoms with Crippen LogP contribution in [0, 0.1) is 0 Å². The number of hydrogen-bond donors (Lipinski definition) is 5. The number of aliphatic hydroxyl groups is 3. The van der Waals surface area contributed by atoms with Crippen LogP contribution in [0.3, 0.4) is 0 Å². The summed E-state index contributed by atoms with van der Waals surface area (Å²) < 4.78 is 38.8. The molecule has 18 nitrogen and oxygen atoms in total. The quantitative estimate of drug-likeness (QED) is 0.182. The minimum Gasteiger partial charge on any atom is -0.388 e. The van der Waals surface area contributed by atoms with Crippen LogP contribution in [-0.2, 0) is 77.1 Å². The molecule has 0 spiro atoms. The summed E-state index contributed by atoms with van der Waals surface area (Å²) in [5.74, 6) is 0.148. The smallest absolute Gasteiger partial charge is 0.325 e. The van der Waals surface area contributed by atoms with Crippen LogP contribution in [-0.4, -0.2) is 109 Å². The van der Waals surface area contributed by atoms with E-state index in [4.69, 9.17) is 51.2 Å². The molecule has 270 valence electrons. The Labute approximate surface area is 294 Å². The molecule has 0 radical (unpaired) electrons. The highest BCUT2D eigenvalue weighted by Crippen LogP contribution is 2.54. The fourth-order valence-electron chi connectivity index (χ4n) is 7.05. The van der Waals surface area contributed by atoms with Crippen molar-refractivity contribution >= 4 is 59.2 Å². The summed E-state index contributed by atoms with van der Waals surface area (Å²) in [6.45, 7) is -7.79. The number of imidazole rings is 1. The van der Waals surface area contributed by atoms with Gasteiger partial charge in [-0.25, -0.2) is 24.9 Å². The monoisotopic (exact) mass is 771 g/mol. The van der Waals surface area contributed by atoms with E-state index in [-0.39, 0.29) is 11.5 Å². The molecular formula is C28H35N7O11P2S2. The number of hydrogen-bond acceptors (Lipinski definition) is 16. The Kier molecular flexibility index (Phi) is 9.45. The normalized spacial score (nSPS) is 36.5. The molecule has 3 saturated heterocycles. The fourth-order valence-corrected chi connectivity index (χ4v) is 9.91. The molecule has 3 fully saturated rings. The molecule has 22 heteroatoms. The van der Waals surface area contributed by atoms with Crippen molar-refractivity contribution in [1.82, 2.24) is 34.1 Å². The summed E-state index contributed by atoms with van der Waals surface area (Å²) in [7, 11) is 0. The van der Waals surface area contributed by atoms with Crippen LogP contribution in [0.1, 0.15) is 55.0 Å². The highest BCUT2D eigenvalue weighted by molar-refractivity contribution is 8.07. The van der Waals surface area contributed by atoms with Crippen LogP contribution >= 0.6 is 13.4 Å². The zero-order valence-corrected chi connectivity index (χ0v) is 30.0. The maximum atomic E-state index is 11.6. The molecule has 0 aromatic carbocycles. The number of aryl methyl sites for hydroxylation is 3. The second-order valence-corrected chi connectivity index (χ2v) is 18.1. The molecule has 2 bridgehead atoms. The van der Waals surface area contributed by atoms with Gasteiger partial charge in [-0.15, -0.1) is 0 Å². The van der Waals surface area contributed by atoms with Crippen molar-refractivity contribution in [2.45, 2.75) is 94.7 Å². The number of aromatic nitrogens is 7. The Balaban J connectivity index is 1.11. The topological polar surface area (TPSA) is 231 Å². The largest absolute Gasteiger partial charge is 0.388 e. The van der Waals surface area contributed by atoms with E-state index in [9.17, 15) is 25.1 Å². The van der Waals surface area contributed by atoms with Crippen LogP contribution in [0.5, 0.6) is 0 Å². The van der Waals surface area contributed by atoms with Gasteiger partial charge in [0.25, 0.3) is 0 Å². The molecule has 0 amide bonds. The van der Waals surface area contributed by atoms with E-state index in [2.05, 4.69) is 24.9 Å². The summed E-state index contributed by atoms with van der Waals surface area (Å²) in [4.78, 5) is 44.7. The fraction of sp³-hybridized carbons (Fsp3) is 0.607. The first-order valence-electron chi connectivity index (χ1n) is 16.1. The van der Waals surface area contributed by atoms with Crippen molar-refractivity contribution < 1.29 is 52.7 Å². The Bertz CT molecular complexity index is 2040. The maximum Gasteiger partial charge on any atom is 0.325 e. The number of nitrogens with zero attached hydrogens (tertiary/aromatic N) is 7. The lowest BCUT2D eigenvalue weighted by molar-refractivity contribution is -0.0606. The van der Waals surface area contributed by atoms with Crippen molar-refractivity contribution in [2.75, 3.05) is 13.2 Å². The van der Waals surface area contributed by atoms with E-state index in [1.54, 1.807) is 4.57 Å². The average molecular weight is 772 g/mol. The van der Waals surface area contributed by atoms with Gasteiger partial charge in [0.2, 0.25) is 0 Å². The Hall–Kier alpha value is -1.97. The van der Waals surface area contributed by atoms with Crippen molar-refractivity contribution in [2.24, 2.45) is 0 Å². The molecular weight excluding hydrogens is 736 g/mol. The van der Waals surface area contributed by atoms with Crippen LogP contribution in [0.15, 0.2) is 18.9 Å². The third kappa shape index (κ3) is 6.27. The standard InChI is InChI=1S/C28H35N7O11P2S2/c1-2-14-20-26(33-18(8-36)32-14)35(12-31-20)28-24-21(37)16(43-28)9-41-47(39,49)45-23-17(10-42-48(40,50)46-24)44-27(22(23)38)34-7-13-5-3-4-6-15-19(13)25(34)30-11-29-15/h7,11-12,16-17,21-24,27-28,36-38H,2-6,8-10H2,1H3,(H,39,49)(H,40,50)/t16-,17-,21-,22-,23-,24-,27-,28-,47?,48?/m1/s1. The maximum absolute atomic E-state index is 11.6. The average Bonchev–Trinajstić information content (AvgIpc) is 3.79. The lowest BCUT2D eigenvalue weighted by atomic mass is 10.1. The molecule has 3 aliphatic heterocycles. The van der Waals surface area contributed by atoms with Crippen molar-refractivity contribution in [1.29, 1.82) is 0 Å². The summed E-state index contributed by atoms with van der Waals surface area (Å²) in [6.07, 6.45) is -1.20. The molecule has 4 aliphatic rings. The second-order valence-electron chi connectivity index (χ2n) is 12.5. The third-order valence-electron chi connectivity index (χ3n) is 9.38. The zero-order chi connectivity index (χ0) is 34.9. The van der Waals surface area contributed by atoms with E-state index in [1.807, 2.05) is 13.1 Å². The highest BCUT2D eigenvalue weighted by atomic mass is 32.5. The lowest BCUT2D eigenvalue weighted by Gasteiger charge is -2.28. The molecule has 5 N–H and O–H groups in total. The highest BCUT2D eigenvalue weighted by Gasteiger charge is 2.52. The van der Waals surface area contributed by atoms with Gasteiger partial charge in [0.05, 0.1) is 30.9 Å². The Morgan fingerprint density at radius 3 is 2.34 bits per heavy atom. The van der Waals surface area contributed by atoms with Gasteiger partial charge >= 0.3 is 13.4 Å². The second kappa shape index (κ2) is 13.5. The summed E-state index contributed by atoms with van der Waals surface area (Å²) in [5, 5.41) is 33.7. The molecule has 10 atom stereocenters. The van der Waals surface area contributed by atoms with Crippen molar-refractivity contribution in [3.05, 3.63) is 41.6 Å². The third-order valence-corrected chi connectivity index (χ3v) is 12.5. The predicted molar refractivity (Wildman–Crippen MR) is 179 cm³/mol. The molecule has 4 aromatic rings. The molecule has 1 aliphatic carbocycles. The number of ether oxygens (including phenoxy) is 2. The summed E-state index contributed by atoms with van der Waals surface area (Å²) >= 11 is 10.8. The molecule has 0 saturated carbocycles. The van der Waals surface area contributed by atoms with Crippen LogP contribution in [0.2, 0.25) is 0 Å². The molecule has 4 aromatic heterocycles. The first-order valence-corrected chi connectivity index (χ1v) is 21.3. The van der Waals surface area contributed by atoms with Crippen LogP contribution < -0.4 is 0 Å². The van der Waals surface area contributed by atoms with Gasteiger partial charge in [-0.3, -0.25) is 13.6 Å². The number of fused-ring (bicyclic) bond motifs is 4. The van der Waals surface area contributed by atoms with Gasteiger partial charge in [0, 0.05) is 11.6 Å². The Morgan fingerprint density at radius 2 is 1.58 bits per heavy atom. The number of rotatable bonds is 4. The van der Waals surface area contributed by atoms with Crippen molar-refractivity contribution in [3.8, 4) is 0 Å². The van der Waals surface area contributed by atoms with Gasteiger partial charge in [-0.05, 0) is 61.3 Å². The first-order chi connectivity index (χ1) is 24.0. The minimum absolute atomic E-state index is 0.148. The molecule has 2 unspecified atom stereocenters. The molecule has 50 heavy (non-hydrogen) atoms. The van der Waals surface area contributed by atoms with Gasteiger partial charge < -0.3 is 48.2 Å². The minimum atomic E-state index is -4.18. The predicted octanol–water partition coefficient (Wildman–Crippen LogP) is 0.972. The first kappa shape index (κ1) is 35.1.